The van der Waals surface area contributed by atoms with Crippen molar-refractivity contribution in [3.8, 4) is 40.0 Å². The number of benzene rings is 3. The van der Waals surface area contributed by atoms with Crippen LogP contribution in [0.25, 0.3) is 22.5 Å². The van der Waals surface area contributed by atoms with Crippen LogP contribution in [-0.2, 0) is 0 Å². The van der Waals surface area contributed by atoms with Gasteiger partial charge in [0.2, 0.25) is 5.88 Å². The maximum atomic E-state index is 9.97. The minimum Gasteiger partial charge on any atom is -0.497 e. The molecule has 0 aliphatic rings. The lowest BCUT2D eigenvalue weighted by molar-refractivity contribution is 0.402. The molecule has 3 aromatic carbocycles. The smallest absolute Gasteiger partial charge is 0.238 e. The molecule has 0 radical (unpaired) electrons. The standard InChI is InChI=1S/C26H20N2O3/c1-29-21-13-14-23(30-2)20(15-21)17-28-26-22(16-27)24(18-9-5-3-6-10-18)25(31-26)19-11-7-4-8-12-19/h3-15,17H,1-2H3. The number of nitrogens with zero attached hydrogens (tertiary/aromatic N) is 2. The van der Waals surface area contributed by atoms with Crippen LogP contribution in [0.1, 0.15) is 11.1 Å². The van der Waals surface area contributed by atoms with E-state index in [2.05, 4.69) is 11.1 Å². The Morgan fingerprint density at radius 3 is 2.16 bits per heavy atom. The summed E-state index contributed by atoms with van der Waals surface area (Å²) in [6, 6.07) is 27.1. The molecule has 0 amide bonds. The number of furan rings is 1. The molecule has 0 unspecified atom stereocenters. The molecule has 0 aliphatic heterocycles. The second-order valence-corrected chi connectivity index (χ2v) is 6.70. The summed E-state index contributed by atoms with van der Waals surface area (Å²) in [6.07, 6.45) is 1.62. The fraction of sp³-hybridized carbons (Fsp3) is 0.0769. The van der Waals surface area contributed by atoms with E-state index in [-0.39, 0.29) is 5.88 Å². The summed E-state index contributed by atoms with van der Waals surface area (Å²) >= 11 is 0. The summed E-state index contributed by atoms with van der Waals surface area (Å²) in [5.74, 6) is 2.16. The number of rotatable bonds is 6. The molecule has 5 heteroatoms. The summed E-state index contributed by atoms with van der Waals surface area (Å²) < 4.78 is 16.8. The quantitative estimate of drug-likeness (QED) is 0.354. The van der Waals surface area contributed by atoms with Gasteiger partial charge in [0.25, 0.3) is 0 Å². The van der Waals surface area contributed by atoms with Crippen molar-refractivity contribution >= 4 is 12.1 Å². The summed E-state index contributed by atoms with van der Waals surface area (Å²) in [5, 5.41) is 9.97. The highest BCUT2D eigenvalue weighted by atomic mass is 16.5. The van der Waals surface area contributed by atoms with Crippen LogP contribution in [0.2, 0.25) is 0 Å². The first-order valence-electron chi connectivity index (χ1n) is 9.69. The minimum absolute atomic E-state index is 0.241. The molecule has 0 spiro atoms. The molecule has 1 aromatic heterocycles. The molecule has 152 valence electrons. The third-order valence-corrected chi connectivity index (χ3v) is 4.86. The van der Waals surface area contributed by atoms with Gasteiger partial charge in [-0.2, -0.15) is 5.26 Å². The van der Waals surface area contributed by atoms with Crippen molar-refractivity contribution in [1.29, 1.82) is 5.26 Å². The van der Waals surface area contributed by atoms with E-state index in [1.165, 1.54) is 0 Å². The fourth-order valence-electron chi connectivity index (χ4n) is 3.36. The SMILES string of the molecule is COc1ccc(OC)c(C=Nc2oc(-c3ccccc3)c(-c3ccccc3)c2C#N)c1. The lowest BCUT2D eigenvalue weighted by Gasteiger charge is -2.06. The molecule has 0 N–H and O–H groups in total. The zero-order chi connectivity index (χ0) is 21.6. The second kappa shape index (κ2) is 9.02. The molecular formula is C26H20N2O3. The maximum Gasteiger partial charge on any atom is 0.238 e. The molecule has 4 aromatic rings. The predicted octanol–water partition coefficient (Wildman–Crippen LogP) is 6.25. The van der Waals surface area contributed by atoms with Crippen molar-refractivity contribution in [2.24, 2.45) is 4.99 Å². The monoisotopic (exact) mass is 408 g/mol. The Kier molecular flexibility index (Phi) is 5.82. The van der Waals surface area contributed by atoms with Crippen LogP contribution in [0.4, 0.5) is 5.88 Å². The van der Waals surface area contributed by atoms with Crippen LogP contribution >= 0.6 is 0 Å². The van der Waals surface area contributed by atoms with E-state index in [0.29, 0.717) is 28.4 Å². The van der Waals surface area contributed by atoms with Crippen LogP contribution in [0, 0.1) is 11.3 Å². The van der Waals surface area contributed by atoms with Crippen molar-refractivity contribution in [2.45, 2.75) is 0 Å². The van der Waals surface area contributed by atoms with Crippen molar-refractivity contribution < 1.29 is 13.9 Å². The van der Waals surface area contributed by atoms with Gasteiger partial charge in [0.15, 0.2) is 0 Å². The van der Waals surface area contributed by atoms with Gasteiger partial charge in [-0.05, 0) is 23.8 Å². The first kappa shape index (κ1) is 20.0. The Labute approximate surface area is 180 Å². The number of aliphatic imine (C=N–C) groups is 1. The molecule has 4 rings (SSSR count). The van der Waals surface area contributed by atoms with E-state index in [0.717, 1.165) is 16.7 Å². The van der Waals surface area contributed by atoms with Crippen LogP contribution < -0.4 is 9.47 Å². The van der Waals surface area contributed by atoms with Gasteiger partial charge >= 0.3 is 0 Å². The van der Waals surface area contributed by atoms with Crippen LogP contribution in [0.3, 0.4) is 0 Å². The number of ether oxygens (including phenoxy) is 2. The highest BCUT2D eigenvalue weighted by molar-refractivity contribution is 5.91. The van der Waals surface area contributed by atoms with Gasteiger partial charge in [-0.15, -0.1) is 0 Å². The highest BCUT2D eigenvalue weighted by Gasteiger charge is 2.22. The van der Waals surface area contributed by atoms with Crippen LogP contribution in [0.15, 0.2) is 88.3 Å². The Bertz CT molecular complexity index is 1250. The molecule has 31 heavy (non-hydrogen) atoms. The second-order valence-electron chi connectivity index (χ2n) is 6.70. The number of hydrogen-bond acceptors (Lipinski definition) is 5. The van der Waals surface area contributed by atoms with Gasteiger partial charge in [-0.1, -0.05) is 60.7 Å². The zero-order valence-corrected chi connectivity index (χ0v) is 17.2. The molecule has 0 aliphatic carbocycles. The van der Waals surface area contributed by atoms with Crippen molar-refractivity contribution in [2.75, 3.05) is 14.2 Å². The van der Waals surface area contributed by atoms with Gasteiger partial charge in [0.1, 0.15) is 28.9 Å². The van der Waals surface area contributed by atoms with Crippen molar-refractivity contribution in [3.05, 3.63) is 90.0 Å². The van der Waals surface area contributed by atoms with E-state index in [1.54, 1.807) is 26.5 Å². The summed E-state index contributed by atoms with van der Waals surface area (Å²) in [7, 11) is 3.19. The molecule has 5 nitrogen and oxygen atoms in total. The Balaban J connectivity index is 1.88. The van der Waals surface area contributed by atoms with Crippen molar-refractivity contribution in [1.82, 2.24) is 0 Å². The van der Waals surface area contributed by atoms with Gasteiger partial charge in [0.05, 0.1) is 14.2 Å². The third kappa shape index (κ3) is 4.05. The average Bonchev–Trinajstić information content (AvgIpc) is 3.22. The van der Waals surface area contributed by atoms with E-state index < -0.39 is 0 Å². The maximum absolute atomic E-state index is 9.97. The Hall–Kier alpha value is -4.30. The largest absolute Gasteiger partial charge is 0.497 e. The normalized spacial score (nSPS) is 10.7. The van der Waals surface area contributed by atoms with Crippen LogP contribution in [0.5, 0.6) is 11.5 Å². The first-order chi connectivity index (χ1) is 15.2. The highest BCUT2D eigenvalue weighted by Crippen LogP contribution is 2.42. The van der Waals surface area contributed by atoms with Gasteiger partial charge in [0, 0.05) is 22.9 Å². The first-order valence-corrected chi connectivity index (χ1v) is 9.69. The van der Waals surface area contributed by atoms with E-state index >= 15 is 0 Å². The molecule has 0 saturated heterocycles. The van der Waals surface area contributed by atoms with Gasteiger partial charge in [-0.25, -0.2) is 4.99 Å². The molecule has 1 heterocycles. The van der Waals surface area contributed by atoms with Crippen LogP contribution in [-0.4, -0.2) is 20.4 Å². The average molecular weight is 408 g/mol. The Morgan fingerprint density at radius 2 is 1.55 bits per heavy atom. The number of hydrogen-bond donors (Lipinski definition) is 0. The lowest BCUT2D eigenvalue weighted by Crippen LogP contribution is -1.92. The van der Waals surface area contributed by atoms with Gasteiger partial charge < -0.3 is 13.9 Å². The molecule has 0 fully saturated rings. The molecule has 0 atom stereocenters. The van der Waals surface area contributed by atoms with E-state index in [9.17, 15) is 5.26 Å². The predicted molar refractivity (Wildman–Crippen MR) is 121 cm³/mol. The lowest BCUT2D eigenvalue weighted by atomic mass is 9.98. The summed E-state index contributed by atoms with van der Waals surface area (Å²) in [6.45, 7) is 0. The molecule has 0 bridgehead atoms. The van der Waals surface area contributed by atoms with E-state index in [1.807, 2.05) is 72.8 Å². The number of nitriles is 1. The fourth-order valence-corrected chi connectivity index (χ4v) is 3.36. The van der Waals surface area contributed by atoms with Gasteiger partial charge in [-0.3, -0.25) is 0 Å². The summed E-state index contributed by atoms with van der Waals surface area (Å²) in [4.78, 5) is 4.51. The minimum atomic E-state index is 0.241. The van der Waals surface area contributed by atoms with Crippen molar-refractivity contribution in [3.63, 3.8) is 0 Å². The van der Waals surface area contributed by atoms with E-state index in [4.69, 9.17) is 13.9 Å². The zero-order valence-electron chi connectivity index (χ0n) is 17.2. The molecular weight excluding hydrogens is 388 g/mol. The third-order valence-electron chi connectivity index (χ3n) is 4.86. The Morgan fingerprint density at radius 1 is 0.871 bits per heavy atom. The number of methoxy groups -OCH3 is 2. The summed E-state index contributed by atoms with van der Waals surface area (Å²) in [5.41, 5.74) is 3.58. The molecule has 0 saturated carbocycles. The topological polar surface area (TPSA) is 67.8 Å².